The first-order valence-corrected chi connectivity index (χ1v) is 5.91. The van der Waals surface area contributed by atoms with Crippen LogP contribution in [0.2, 0.25) is 0 Å². The average Bonchev–Trinajstić information content (AvgIpc) is 3.09. The molecule has 0 unspecified atom stereocenters. The van der Waals surface area contributed by atoms with Gasteiger partial charge in [-0.05, 0) is 30.3 Å². The highest BCUT2D eigenvalue weighted by molar-refractivity contribution is 5.60. The topological polar surface area (TPSA) is 37.9 Å². The van der Waals surface area contributed by atoms with Gasteiger partial charge in [0.05, 0.1) is 12.8 Å². The third-order valence-electron chi connectivity index (χ3n) is 3.09. The van der Waals surface area contributed by atoms with Crippen LogP contribution >= 0.6 is 0 Å². The summed E-state index contributed by atoms with van der Waals surface area (Å²) in [5.41, 5.74) is 3.16. The lowest BCUT2D eigenvalue weighted by Gasteiger charge is -2.00. The molecule has 0 atom stereocenters. The number of aromatic amines is 1. The molecule has 0 radical (unpaired) electrons. The van der Waals surface area contributed by atoms with Gasteiger partial charge in [0.1, 0.15) is 5.75 Å². The van der Waals surface area contributed by atoms with Crippen LogP contribution in [0.5, 0.6) is 5.75 Å². The normalized spacial score (nSPS) is 14.3. The molecule has 1 aromatic heterocycles. The fourth-order valence-electron chi connectivity index (χ4n) is 2.06. The van der Waals surface area contributed by atoms with Gasteiger partial charge in [-0.15, -0.1) is 0 Å². The van der Waals surface area contributed by atoms with Crippen molar-refractivity contribution in [2.75, 3.05) is 7.11 Å². The highest BCUT2D eigenvalue weighted by atomic mass is 16.5. The average molecular weight is 238 g/mol. The summed E-state index contributed by atoms with van der Waals surface area (Å²) in [6.45, 7) is 0. The molecular formula is C15H14N2O. The van der Waals surface area contributed by atoms with Crippen LogP contribution in [0, 0.1) is 0 Å². The minimum Gasteiger partial charge on any atom is -0.497 e. The van der Waals surface area contributed by atoms with Gasteiger partial charge in [0.2, 0.25) is 0 Å². The molecular weight excluding hydrogens is 224 g/mol. The van der Waals surface area contributed by atoms with Gasteiger partial charge in [0.25, 0.3) is 0 Å². The molecule has 1 aliphatic carbocycles. The van der Waals surface area contributed by atoms with Crippen molar-refractivity contribution < 1.29 is 4.74 Å². The first kappa shape index (κ1) is 10.8. The second kappa shape index (κ2) is 4.53. The van der Waals surface area contributed by atoms with Gasteiger partial charge in [-0.3, -0.25) is 5.10 Å². The highest BCUT2D eigenvalue weighted by Crippen LogP contribution is 2.26. The molecule has 1 heterocycles. The molecule has 3 nitrogen and oxygen atoms in total. The lowest BCUT2D eigenvalue weighted by atomic mass is 10.1. The standard InChI is InChI=1S/C15H14N2O/c1-18-13-8-6-12(7-9-13)15-10-14(16-17-15)11-4-2-3-5-11/h2-11H,1H3,(H,16,17). The second-order valence-electron chi connectivity index (χ2n) is 4.23. The Morgan fingerprint density at radius 1 is 1.11 bits per heavy atom. The summed E-state index contributed by atoms with van der Waals surface area (Å²) in [5.74, 6) is 1.18. The zero-order valence-electron chi connectivity index (χ0n) is 10.1. The first-order chi connectivity index (χ1) is 8.86. The van der Waals surface area contributed by atoms with E-state index in [2.05, 4.69) is 40.6 Å². The SMILES string of the molecule is COc1ccc(-c2cc(C3C=CC=C3)[nH]n2)cc1. The molecule has 0 amide bonds. The molecule has 0 saturated carbocycles. The van der Waals surface area contributed by atoms with Crippen molar-refractivity contribution in [1.82, 2.24) is 10.2 Å². The molecule has 1 aromatic carbocycles. The van der Waals surface area contributed by atoms with Crippen molar-refractivity contribution in [1.29, 1.82) is 0 Å². The van der Waals surface area contributed by atoms with Gasteiger partial charge in [0.15, 0.2) is 0 Å². The summed E-state index contributed by atoms with van der Waals surface area (Å²) >= 11 is 0. The molecule has 2 aromatic rings. The van der Waals surface area contributed by atoms with Crippen LogP contribution in [0.3, 0.4) is 0 Å². The van der Waals surface area contributed by atoms with Crippen LogP contribution in [0.1, 0.15) is 11.6 Å². The molecule has 18 heavy (non-hydrogen) atoms. The van der Waals surface area contributed by atoms with Crippen molar-refractivity contribution in [2.24, 2.45) is 0 Å². The third-order valence-corrected chi connectivity index (χ3v) is 3.09. The predicted octanol–water partition coefficient (Wildman–Crippen LogP) is 3.29. The van der Waals surface area contributed by atoms with Crippen molar-refractivity contribution in [3.05, 3.63) is 60.3 Å². The van der Waals surface area contributed by atoms with Gasteiger partial charge in [0, 0.05) is 17.2 Å². The van der Waals surface area contributed by atoms with Crippen LogP contribution in [0.4, 0.5) is 0 Å². The number of aromatic nitrogens is 2. The summed E-state index contributed by atoms with van der Waals surface area (Å²) in [7, 11) is 1.67. The number of hydrogen-bond acceptors (Lipinski definition) is 2. The molecule has 0 spiro atoms. The largest absolute Gasteiger partial charge is 0.497 e. The fourth-order valence-corrected chi connectivity index (χ4v) is 2.06. The van der Waals surface area contributed by atoms with Crippen molar-refractivity contribution in [3.63, 3.8) is 0 Å². The first-order valence-electron chi connectivity index (χ1n) is 5.91. The van der Waals surface area contributed by atoms with Gasteiger partial charge in [-0.2, -0.15) is 5.10 Å². The van der Waals surface area contributed by atoms with E-state index in [0.29, 0.717) is 5.92 Å². The van der Waals surface area contributed by atoms with E-state index in [1.165, 1.54) is 0 Å². The number of methoxy groups -OCH3 is 1. The molecule has 1 N–H and O–H groups in total. The number of allylic oxidation sites excluding steroid dienone is 4. The van der Waals surface area contributed by atoms with Gasteiger partial charge in [-0.25, -0.2) is 0 Å². The number of hydrogen-bond donors (Lipinski definition) is 1. The maximum atomic E-state index is 5.15. The van der Waals surface area contributed by atoms with Crippen LogP contribution < -0.4 is 4.74 Å². The lowest BCUT2D eigenvalue weighted by Crippen LogP contribution is -1.87. The minimum atomic E-state index is 0.324. The molecule has 0 aliphatic heterocycles. The molecule has 0 fully saturated rings. The smallest absolute Gasteiger partial charge is 0.118 e. The number of rotatable bonds is 3. The Kier molecular flexibility index (Phi) is 2.73. The highest BCUT2D eigenvalue weighted by Gasteiger charge is 2.11. The minimum absolute atomic E-state index is 0.324. The van der Waals surface area contributed by atoms with Gasteiger partial charge in [-0.1, -0.05) is 24.3 Å². The molecule has 90 valence electrons. The maximum Gasteiger partial charge on any atom is 0.118 e. The summed E-state index contributed by atoms with van der Waals surface area (Å²) < 4.78 is 5.15. The zero-order valence-corrected chi connectivity index (χ0v) is 10.1. The van der Waals surface area contributed by atoms with Gasteiger partial charge >= 0.3 is 0 Å². The Labute approximate surface area is 106 Å². The molecule has 3 rings (SSSR count). The Hall–Kier alpha value is -2.29. The van der Waals surface area contributed by atoms with E-state index >= 15 is 0 Å². The Morgan fingerprint density at radius 3 is 2.50 bits per heavy atom. The number of nitrogens with one attached hydrogen (secondary N) is 1. The number of H-pyrrole nitrogens is 1. The molecule has 1 aliphatic rings. The van der Waals surface area contributed by atoms with E-state index in [4.69, 9.17) is 4.74 Å². The van der Waals surface area contributed by atoms with Crippen LogP contribution in [-0.4, -0.2) is 17.3 Å². The lowest BCUT2D eigenvalue weighted by molar-refractivity contribution is 0.415. The number of nitrogens with zero attached hydrogens (tertiary/aromatic N) is 1. The molecule has 0 saturated heterocycles. The summed E-state index contributed by atoms with van der Waals surface area (Å²) in [6, 6.07) is 10.0. The fraction of sp³-hybridized carbons (Fsp3) is 0.133. The van der Waals surface area contributed by atoms with Crippen LogP contribution in [0.25, 0.3) is 11.3 Å². The van der Waals surface area contributed by atoms with E-state index in [1.54, 1.807) is 7.11 Å². The Balaban J connectivity index is 1.87. The van der Waals surface area contributed by atoms with Crippen molar-refractivity contribution in [3.8, 4) is 17.0 Å². The van der Waals surface area contributed by atoms with E-state index < -0.39 is 0 Å². The third kappa shape index (κ3) is 1.95. The summed E-state index contributed by atoms with van der Waals surface area (Å²) in [4.78, 5) is 0. The summed E-state index contributed by atoms with van der Waals surface area (Å²) in [6.07, 6.45) is 8.40. The summed E-state index contributed by atoms with van der Waals surface area (Å²) in [5, 5.41) is 7.44. The van der Waals surface area contributed by atoms with E-state index in [1.807, 2.05) is 24.3 Å². The second-order valence-corrected chi connectivity index (χ2v) is 4.23. The molecule has 3 heteroatoms. The van der Waals surface area contributed by atoms with Gasteiger partial charge < -0.3 is 4.74 Å². The van der Waals surface area contributed by atoms with E-state index in [-0.39, 0.29) is 0 Å². The predicted molar refractivity (Wildman–Crippen MR) is 71.6 cm³/mol. The van der Waals surface area contributed by atoms with Crippen molar-refractivity contribution in [2.45, 2.75) is 5.92 Å². The monoisotopic (exact) mass is 238 g/mol. The Morgan fingerprint density at radius 2 is 1.83 bits per heavy atom. The van der Waals surface area contributed by atoms with E-state index in [9.17, 15) is 0 Å². The number of ether oxygens (including phenoxy) is 1. The van der Waals surface area contributed by atoms with Crippen LogP contribution in [0.15, 0.2) is 54.6 Å². The zero-order chi connectivity index (χ0) is 12.4. The molecule has 0 bridgehead atoms. The quantitative estimate of drug-likeness (QED) is 0.891. The van der Waals surface area contributed by atoms with Crippen LogP contribution in [-0.2, 0) is 0 Å². The maximum absolute atomic E-state index is 5.15. The van der Waals surface area contributed by atoms with E-state index in [0.717, 1.165) is 22.7 Å². The van der Waals surface area contributed by atoms with Crippen molar-refractivity contribution >= 4 is 0 Å². The Bertz CT molecular complexity index is 581. The number of benzene rings is 1.